The van der Waals surface area contributed by atoms with Crippen LogP contribution in [0.3, 0.4) is 0 Å². The molecule has 0 aromatic carbocycles. The minimum atomic E-state index is 0.432. The lowest BCUT2D eigenvalue weighted by molar-refractivity contribution is 0.765. The molecule has 1 unspecified atom stereocenters. The van der Waals surface area contributed by atoms with Crippen LogP contribution < -0.4 is 11.1 Å². The van der Waals surface area contributed by atoms with Gasteiger partial charge in [0.05, 0.1) is 10.7 Å². The van der Waals surface area contributed by atoms with E-state index in [1.54, 1.807) is 0 Å². The molecule has 1 aliphatic carbocycles. The summed E-state index contributed by atoms with van der Waals surface area (Å²) in [5.74, 6) is 0.588. The fourth-order valence-electron chi connectivity index (χ4n) is 1.75. The maximum atomic E-state index is 9.00. The molecule has 1 aliphatic rings. The van der Waals surface area contributed by atoms with Crippen molar-refractivity contribution < 1.29 is 0 Å². The minimum absolute atomic E-state index is 0.432. The van der Waals surface area contributed by atoms with E-state index in [2.05, 4.69) is 25.2 Å². The minimum Gasteiger partial charge on any atom is -0.397 e. The van der Waals surface area contributed by atoms with Gasteiger partial charge in [0, 0.05) is 11.6 Å². The first-order chi connectivity index (χ1) is 7.67. The molecule has 16 heavy (non-hydrogen) atoms. The number of nitrogens with one attached hydrogen (secondary N) is 1. The molecule has 0 aliphatic heterocycles. The van der Waals surface area contributed by atoms with E-state index in [0.29, 0.717) is 22.5 Å². The normalized spacial score (nSPS) is 16.8. The van der Waals surface area contributed by atoms with Crippen LogP contribution in [0.1, 0.15) is 49.5 Å². The van der Waals surface area contributed by atoms with Crippen molar-refractivity contribution >= 4 is 22.0 Å². The molecule has 2 rings (SSSR count). The number of hydrogen-bond acceptors (Lipinski definition) is 4. The van der Waals surface area contributed by atoms with Crippen LogP contribution in [-0.4, -0.2) is 6.04 Å². The monoisotopic (exact) mass is 235 g/mol. The number of thiophene rings is 1. The van der Waals surface area contributed by atoms with Gasteiger partial charge in [-0.15, -0.1) is 11.3 Å². The molecule has 1 atom stereocenters. The van der Waals surface area contributed by atoms with Crippen molar-refractivity contribution in [3.05, 3.63) is 10.4 Å². The summed E-state index contributed by atoms with van der Waals surface area (Å²) < 4.78 is 0. The molecule has 86 valence electrons. The van der Waals surface area contributed by atoms with E-state index < -0.39 is 0 Å². The Labute approximate surface area is 100 Å². The number of nitrogen functional groups attached to an aromatic ring is 1. The van der Waals surface area contributed by atoms with Crippen molar-refractivity contribution in [3.63, 3.8) is 0 Å². The van der Waals surface area contributed by atoms with Gasteiger partial charge in [0.2, 0.25) is 0 Å². The van der Waals surface area contributed by atoms with E-state index in [0.717, 1.165) is 11.4 Å². The Balaban J connectivity index is 2.32. The Hall–Kier alpha value is -1.21. The summed E-state index contributed by atoms with van der Waals surface area (Å²) >= 11 is 1.50. The highest BCUT2D eigenvalue weighted by Crippen LogP contribution is 2.50. The zero-order valence-electron chi connectivity index (χ0n) is 9.71. The van der Waals surface area contributed by atoms with Gasteiger partial charge >= 0.3 is 0 Å². The van der Waals surface area contributed by atoms with Gasteiger partial charge in [-0.05, 0) is 32.1 Å². The quantitative estimate of drug-likeness (QED) is 0.841. The summed E-state index contributed by atoms with van der Waals surface area (Å²) in [6.07, 6.45) is 3.49. The van der Waals surface area contributed by atoms with Crippen LogP contribution in [0.25, 0.3) is 0 Å². The third-order valence-electron chi connectivity index (χ3n) is 3.06. The molecular weight excluding hydrogens is 218 g/mol. The molecule has 3 N–H and O–H groups in total. The Morgan fingerprint density at radius 2 is 2.31 bits per heavy atom. The zero-order valence-corrected chi connectivity index (χ0v) is 10.5. The van der Waals surface area contributed by atoms with Crippen molar-refractivity contribution in [1.82, 2.24) is 0 Å². The highest BCUT2D eigenvalue weighted by molar-refractivity contribution is 7.17. The van der Waals surface area contributed by atoms with E-state index in [1.165, 1.54) is 29.7 Å². The van der Waals surface area contributed by atoms with Crippen LogP contribution in [0.15, 0.2) is 0 Å². The van der Waals surface area contributed by atoms with Gasteiger partial charge in [-0.25, -0.2) is 0 Å². The van der Waals surface area contributed by atoms with Crippen LogP contribution in [0.5, 0.6) is 0 Å². The standard InChI is InChI=1S/C12H17N3S/c1-3-7(2)15-12-10(8-4-5-8)11(14)9(6-13)16-12/h7-8,15H,3-5,14H2,1-2H3. The van der Waals surface area contributed by atoms with Crippen molar-refractivity contribution in [2.75, 3.05) is 11.1 Å². The summed E-state index contributed by atoms with van der Waals surface area (Å²) in [5.41, 5.74) is 7.93. The van der Waals surface area contributed by atoms with Crippen LogP contribution in [0, 0.1) is 11.3 Å². The first kappa shape index (κ1) is 11.3. The molecule has 1 saturated carbocycles. The maximum absolute atomic E-state index is 9.00. The lowest BCUT2D eigenvalue weighted by Gasteiger charge is -2.13. The molecule has 0 radical (unpaired) electrons. The van der Waals surface area contributed by atoms with E-state index in [9.17, 15) is 0 Å². The SMILES string of the molecule is CCC(C)Nc1sc(C#N)c(N)c1C1CC1. The fourth-order valence-corrected chi connectivity index (χ4v) is 2.87. The second-order valence-electron chi connectivity index (χ2n) is 4.43. The molecular formula is C12H17N3S. The summed E-state index contributed by atoms with van der Waals surface area (Å²) in [6, 6.07) is 2.62. The molecule has 0 saturated heterocycles. The van der Waals surface area contributed by atoms with Crippen LogP contribution >= 0.6 is 11.3 Å². The van der Waals surface area contributed by atoms with Gasteiger partial charge in [-0.1, -0.05) is 6.92 Å². The summed E-state index contributed by atoms with van der Waals surface area (Å²) in [4.78, 5) is 0.660. The molecule has 0 amide bonds. The van der Waals surface area contributed by atoms with Gasteiger partial charge in [-0.2, -0.15) is 5.26 Å². The second-order valence-corrected chi connectivity index (χ2v) is 5.45. The smallest absolute Gasteiger partial charge is 0.130 e. The zero-order chi connectivity index (χ0) is 11.7. The van der Waals surface area contributed by atoms with Gasteiger partial charge in [0.25, 0.3) is 0 Å². The highest BCUT2D eigenvalue weighted by Gasteiger charge is 2.31. The summed E-state index contributed by atoms with van der Waals surface area (Å²) in [7, 11) is 0. The molecule has 1 aromatic heterocycles. The fraction of sp³-hybridized carbons (Fsp3) is 0.583. The van der Waals surface area contributed by atoms with E-state index in [-0.39, 0.29) is 0 Å². The van der Waals surface area contributed by atoms with Gasteiger partial charge < -0.3 is 11.1 Å². The molecule has 3 nitrogen and oxygen atoms in total. The second kappa shape index (κ2) is 4.34. The Kier molecular flexibility index (Phi) is 3.06. The highest BCUT2D eigenvalue weighted by atomic mass is 32.1. The maximum Gasteiger partial charge on any atom is 0.130 e. The first-order valence-electron chi connectivity index (χ1n) is 5.76. The predicted octanol–water partition coefficient (Wildman–Crippen LogP) is 3.29. The third kappa shape index (κ3) is 2.00. The molecule has 1 fully saturated rings. The predicted molar refractivity (Wildman–Crippen MR) is 68.8 cm³/mol. The van der Waals surface area contributed by atoms with E-state index in [4.69, 9.17) is 11.0 Å². The van der Waals surface area contributed by atoms with E-state index >= 15 is 0 Å². The molecule has 1 heterocycles. The number of nitrogens with zero attached hydrogens (tertiary/aromatic N) is 1. The Morgan fingerprint density at radius 3 is 2.81 bits per heavy atom. The van der Waals surface area contributed by atoms with Crippen molar-refractivity contribution in [2.45, 2.75) is 45.1 Å². The molecule has 1 aromatic rings. The number of rotatable bonds is 4. The number of anilines is 2. The number of nitrogens with two attached hydrogens (primary N) is 1. The number of hydrogen-bond donors (Lipinski definition) is 2. The lowest BCUT2D eigenvalue weighted by Crippen LogP contribution is -2.13. The van der Waals surface area contributed by atoms with Gasteiger partial charge in [-0.3, -0.25) is 0 Å². The first-order valence-corrected chi connectivity index (χ1v) is 6.57. The van der Waals surface area contributed by atoms with E-state index in [1.807, 2.05) is 0 Å². The van der Waals surface area contributed by atoms with Gasteiger partial charge in [0.1, 0.15) is 10.9 Å². The summed E-state index contributed by atoms with van der Waals surface area (Å²) in [5, 5.41) is 13.6. The van der Waals surface area contributed by atoms with Crippen molar-refractivity contribution in [3.8, 4) is 6.07 Å². The third-order valence-corrected chi connectivity index (χ3v) is 4.12. The topological polar surface area (TPSA) is 61.8 Å². The van der Waals surface area contributed by atoms with Crippen molar-refractivity contribution in [1.29, 1.82) is 5.26 Å². The average Bonchev–Trinajstić information content (AvgIpc) is 3.05. The number of nitriles is 1. The van der Waals surface area contributed by atoms with Gasteiger partial charge in [0.15, 0.2) is 0 Å². The summed E-state index contributed by atoms with van der Waals surface area (Å²) in [6.45, 7) is 4.30. The largest absolute Gasteiger partial charge is 0.397 e. The van der Waals surface area contributed by atoms with Crippen LogP contribution in [0.2, 0.25) is 0 Å². The average molecular weight is 235 g/mol. The molecule has 4 heteroatoms. The Bertz CT molecular complexity index is 426. The molecule has 0 spiro atoms. The molecule has 0 bridgehead atoms. The lowest BCUT2D eigenvalue weighted by atomic mass is 10.1. The van der Waals surface area contributed by atoms with Crippen molar-refractivity contribution in [2.24, 2.45) is 0 Å². The van der Waals surface area contributed by atoms with Crippen LogP contribution in [0.4, 0.5) is 10.7 Å². The Morgan fingerprint density at radius 1 is 1.62 bits per heavy atom. The van der Waals surface area contributed by atoms with Crippen LogP contribution in [-0.2, 0) is 0 Å².